The maximum atomic E-state index is 12.9. The molecule has 0 radical (unpaired) electrons. The number of hydrogen-bond donors (Lipinski definition) is 1. The van der Waals surface area contributed by atoms with Crippen LogP contribution in [0, 0.1) is 12.3 Å². The maximum Gasteiger partial charge on any atom is 0.255 e. The fourth-order valence-electron chi connectivity index (χ4n) is 4.53. The second-order valence-corrected chi connectivity index (χ2v) is 9.26. The van der Waals surface area contributed by atoms with Crippen LogP contribution >= 0.6 is 11.3 Å². The van der Waals surface area contributed by atoms with Gasteiger partial charge in [0.25, 0.3) is 5.91 Å². The van der Waals surface area contributed by atoms with Crippen LogP contribution in [-0.4, -0.2) is 69.0 Å². The van der Waals surface area contributed by atoms with Crippen molar-refractivity contribution in [2.24, 2.45) is 5.41 Å². The fraction of sp³-hybridized carbons (Fsp3) is 0.524. The second-order valence-electron chi connectivity index (χ2n) is 8.20. The average Bonchev–Trinajstić information content (AvgIpc) is 3.12. The van der Waals surface area contributed by atoms with Crippen LogP contribution in [0.25, 0.3) is 0 Å². The number of β-amino-alcohol motifs (C(OH)–C–C–N with tert-alkyl or cyclic N) is 1. The molecule has 0 saturated carbocycles. The van der Waals surface area contributed by atoms with Gasteiger partial charge >= 0.3 is 0 Å². The highest BCUT2D eigenvalue weighted by Gasteiger charge is 2.43. The van der Waals surface area contributed by atoms with Gasteiger partial charge in [-0.05, 0) is 43.7 Å². The maximum absolute atomic E-state index is 12.9. The van der Waals surface area contributed by atoms with E-state index in [1.807, 2.05) is 17.2 Å². The standard InChI is InChI=1S/C21H26N4O3S/c1-15-23-17(13-29-15)9-19(27)24-7-4-21(5-8-24)10-18(26)12-25(14-21)20(28)16-3-2-6-22-11-16/h2-3,6,11,13,18,26H,4-5,7-10,12,14H2,1H3. The smallest absolute Gasteiger partial charge is 0.255 e. The summed E-state index contributed by atoms with van der Waals surface area (Å²) in [5, 5.41) is 13.4. The number of carbonyl (C=O) groups is 2. The minimum atomic E-state index is -0.537. The summed E-state index contributed by atoms with van der Waals surface area (Å²) in [4.78, 5) is 37.6. The molecule has 4 heterocycles. The molecule has 0 bridgehead atoms. The number of carbonyl (C=O) groups excluding carboxylic acids is 2. The number of rotatable bonds is 3. The van der Waals surface area contributed by atoms with Gasteiger partial charge in [0.2, 0.25) is 5.91 Å². The van der Waals surface area contributed by atoms with E-state index in [4.69, 9.17) is 0 Å². The summed E-state index contributed by atoms with van der Waals surface area (Å²) in [5.41, 5.74) is 1.24. The molecule has 0 aromatic carbocycles. The van der Waals surface area contributed by atoms with Crippen LogP contribution in [0.15, 0.2) is 29.9 Å². The Balaban J connectivity index is 1.39. The molecule has 2 aromatic heterocycles. The number of thiazole rings is 1. The zero-order valence-electron chi connectivity index (χ0n) is 16.6. The lowest BCUT2D eigenvalue weighted by Crippen LogP contribution is -2.56. The van der Waals surface area contributed by atoms with Crippen LogP contribution in [0.2, 0.25) is 0 Å². The molecule has 2 amide bonds. The molecule has 4 rings (SSSR count). The first kappa shape index (κ1) is 20.0. The van der Waals surface area contributed by atoms with Gasteiger partial charge in [-0.25, -0.2) is 4.98 Å². The predicted molar refractivity (Wildman–Crippen MR) is 110 cm³/mol. The summed E-state index contributed by atoms with van der Waals surface area (Å²) >= 11 is 1.56. The Morgan fingerprint density at radius 1 is 1.31 bits per heavy atom. The number of amides is 2. The molecule has 2 fully saturated rings. The summed E-state index contributed by atoms with van der Waals surface area (Å²) in [7, 11) is 0. The lowest BCUT2D eigenvalue weighted by molar-refractivity contribution is -0.134. The van der Waals surface area contributed by atoms with E-state index in [0.29, 0.717) is 44.6 Å². The lowest BCUT2D eigenvalue weighted by Gasteiger charge is -2.49. The van der Waals surface area contributed by atoms with Gasteiger partial charge in [-0.15, -0.1) is 11.3 Å². The second kappa shape index (κ2) is 8.20. The summed E-state index contributed by atoms with van der Waals surface area (Å²) in [6.07, 6.45) is 5.28. The summed E-state index contributed by atoms with van der Waals surface area (Å²) < 4.78 is 0. The van der Waals surface area contributed by atoms with Gasteiger partial charge < -0.3 is 14.9 Å². The molecular weight excluding hydrogens is 388 g/mol. The van der Waals surface area contributed by atoms with Crippen LogP contribution in [0.4, 0.5) is 0 Å². The van der Waals surface area contributed by atoms with Gasteiger partial charge in [-0.1, -0.05) is 0 Å². The van der Waals surface area contributed by atoms with E-state index in [0.717, 1.165) is 23.5 Å². The molecule has 2 aromatic rings. The zero-order chi connectivity index (χ0) is 20.4. The molecule has 154 valence electrons. The predicted octanol–water partition coefficient (Wildman–Crippen LogP) is 1.90. The monoisotopic (exact) mass is 414 g/mol. The Bertz CT molecular complexity index is 877. The van der Waals surface area contributed by atoms with Crippen molar-refractivity contribution in [1.82, 2.24) is 19.8 Å². The van der Waals surface area contributed by atoms with Crippen molar-refractivity contribution in [3.63, 3.8) is 0 Å². The quantitative estimate of drug-likeness (QED) is 0.829. The number of piperidine rings is 2. The third-order valence-corrected chi connectivity index (χ3v) is 6.82. The van der Waals surface area contributed by atoms with Crippen LogP contribution in [0.1, 0.15) is 40.3 Å². The van der Waals surface area contributed by atoms with Gasteiger partial charge in [-0.2, -0.15) is 0 Å². The zero-order valence-corrected chi connectivity index (χ0v) is 17.4. The molecule has 0 aliphatic carbocycles. The Labute approximate surface area is 174 Å². The van der Waals surface area contributed by atoms with Gasteiger partial charge in [0.15, 0.2) is 0 Å². The topological polar surface area (TPSA) is 86.6 Å². The Hall–Kier alpha value is -2.32. The molecule has 1 atom stereocenters. The molecule has 2 aliphatic rings. The van der Waals surface area contributed by atoms with E-state index in [1.54, 1.807) is 40.8 Å². The summed E-state index contributed by atoms with van der Waals surface area (Å²) in [5.74, 6) is 0.0124. The molecule has 1 spiro atoms. The number of pyridine rings is 1. The molecule has 2 aliphatic heterocycles. The van der Waals surface area contributed by atoms with Crippen molar-refractivity contribution in [2.75, 3.05) is 26.2 Å². The van der Waals surface area contributed by atoms with Gasteiger partial charge in [0.1, 0.15) is 0 Å². The molecule has 2 saturated heterocycles. The third-order valence-electron chi connectivity index (χ3n) is 6.00. The molecular formula is C21H26N4O3S. The number of nitrogens with zero attached hydrogens (tertiary/aromatic N) is 4. The third kappa shape index (κ3) is 4.48. The first-order valence-corrected chi connectivity index (χ1v) is 10.9. The molecule has 29 heavy (non-hydrogen) atoms. The molecule has 8 heteroatoms. The first-order chi connectivity index (χ1) is 13.9. The number of aryl methyl sites for hydroxylation is 1. The largest absolute Gasteiger partial charge is 0.391 e. The highest BCUT2D eigenvalue weighted by atomic mass is 32.1. The SMILES string of the molecule is Cc1nc(CC(=O)N2CCC3(CC2)CC(O)CN(C(=O)c2cccnc2)C3)cs1. The van der Waals surface area contributed by atoms with Crippen LogP contribution < -0.4 is 0 Å². The average molecular weight is 415 g/mol. The molecule has 1 N–H and O–H groups in total. The van der Waals surface area contributed by atoms with Crippen molar-refractivity contribution >= 4 is 23.2 Å². The highest BCUT2D eigenvalue weighted by molar-refractivity contribution is 7.09. The minimum absolute atomic E-state index is 0.0892. The van der Waals surface area contributed by atoms with Crippen LogP contribution in [-0.2, 0) is 11.2 Å². The van der Waals surface area contributed by atoms with E-state index in [-0.39, 0.29) is 17.2 Å². The normalized spacial score (nSPS) is 21.4. The minimum Gasteiger partial charge on any atom is -0.391 e. The number of aliphatic hydroxyl groups excluding tert-OH is 1. The first-order valence-electron chi connectivity index (χ1n) is 10.0. The Morgan fingerprint density at radius 2 is 2.10 bits per heavy atom. The van der Waals surface area contributed by atoms with Crippen molar-refractivity contribution < 1.29 is 14.7 Å². The van der Waals surface area contributed by atoms with E-state index in [1.165, 1.54) is 0 Å². The molecule has 1 unspecified atom stereocenters. The van der Waals surface area contributed by atoms with E-state index < -0.39 is 6.10 Å². The number of hydrogen-bond acceptors (Lipinski definition) is 6. The molecule has 7 nitrogen and oxygen atoms in total. The highest BCUT2D eigenvalue weighted by Crippen LogP contribution is 2.40. The van der Waals surface area contributed by atoms with Crippen molar-refractivity contribution in [3.05, 3.63) is 46.2 Å². The van der Waals surface area contributed by atoms with Gasteiger partial charge in [0, 0.05) is 44.0 Å². The van der Waals surface area contributed by atoms with Gasteiger partial charge in [-0.3, -0.25) is 14.6 Å². The summed E-state index contributed by atoms with van der Waals surface area (Å²) in [6.45, 7) is 4.22. The van der Waals surface area contributed by atoms with Crippen molar-refractivity contribution in [1.29, 1.82) is 0 Å². The number of aliphatic hydroxyl groups is 1. The van der Waals surface area contributed by atoms with E-state index in [2.05, 4.69) is 9.97 Å². The number of aromatic nitrogens is 2. The van der Waals surface area contributed by atoms with Crippen molar-refractivity contribution in [3.8, 4) is 0 Å². The Morgan fingerprint density at radius 3 is 2.76 bits per heavy atom. The Kier molecular flexibility index (Phi) is 5.65. The fourth-order valence-corrected chi connectivity index (χ4v) is 5.14. The lowest BCUT2D eigenvalue weighted by atomic mass is 9.71. The van der Waals surface area contributed by atoms with E-state index >= 15 is 0 Å². The number of likely N-dealkylation sites (tertiary alicyclic amines) is 2. The van der Waals surface area contributed by atoms with E-state index in [9.17, 15) is 14.7 Å². The summed E-state index contributed by atoms with van der Waals surface area (Å²) in [6, 6.07) is 3.50. The van der Waals surface area contributed by atoms with Crippen molar-refractivity contribution in [2.45, 2.75) is 38.7 Å². The van der Waals surface area contributed by atoms with Crippen LogP contribution in [0.3, 0.4) is 0 Å². The van der Waals surface area contributed by atoms with Gasteiger partial charge in [0.05, 0.1) is 28.8 Å². The van der Waals surface area contributed by atoms with Crippen LogP contribution in [0.5, 0.6) is 0 Å².